The number of carbonyl (C=O) groups is 2. The van der Waals surface area contributed by atoms with E-state index in [1.165, 1.54) is 0 Å². The highest BCUT2D eigenvalue weighted by Gasteiger charge is 2.05. The van der Waals surface area contributed by atoms with Crippen molar-refractivity contribution in [3.63, 3.8) is 0 Å². The molecule has 20 heavy (non-hydrogen) atoms. The third-order valence-electron chi connectivity index (χ3n) is 2.95. The highest BCUT2D eigenvalue weighted by molar-refractivity contribution is 9.10. The van der Waals surface area contributed by atoms with Crippen molar-refractivity contribution in [2.75, 3.05) is 6.54 Å². The van der Waals surface area contributed by atoms with E-state index in [0.29, 0.717) is 19.4 Å². The van der Waals surface area contributed by atoms with Crippen LogP contribution in [0.5, 0.6) is 0 Å². The van der Waals surface area contributed by atoms with E-state index in [9.17, 15) is 9.59 Å². The Morgan fingerprint density at radius 1 is 1.10 bits per heavy atom. The normalized spacial score (nSPS) is 10.2. The number of rotatable bonds is 9. The van der Waals surface area contributed by atoms with Crippen LogP contribution in [0.3, 0.4) is 0 Å². The smallest absolute Gasteiger partial charge is 0.303 e. The highest BCUT2D eigenvalue weighted by atomic mass is 79.9. The van der Waals surface area contributed by atoms with Gasteiger partial charge in [-0.15, -0.1) is 0 Å². The molecule has 0 saturated heterocycles. The van der Waals surface area contributed by atoms with Crippen LogP contribution in [0.15, 0.2) is 28.7 Å². The molecular formula is C15H20BrNO3. The lowest BCUT2D eigenvalue weighted by Gasteiger charge is -2.06. The summed E-state index contributed by atoms with van der Waals surface area (Å²) in [5.41, 5.74) is 0.978. The van der Waals surface area contributed by atoms with Crippen molar-refractivity contribution in [2.45, 2.75) is 38.5 Å². The average molecular weight is 342 g/mol. The van der Waals surface area contributed by atoms with Gasteiger partial charge in [-0.3, -0.25) is 9.59 Å². The fourth-order valence-corrected chi connectivity index (χ4v) is 2.28. The van der Waals surface area contributed by atoms with Crippen LogP contribution < -0.4 is 5.32 Å². The Kier molecular flexibility index (Phi) is 7.95. The van der Waals surface area contributed by atoms with Crippen LogP contribution in [0, 0.1) is 0 Å². The third-order valence-corrected chi connectivity index (χ3v) is 3.72. The Morgan fingerprint density at radius 3 is 2.50 bits per heavy atom. The molecule has 110 valence electrons. The standard InChI is InChI=1S/C15H20BrNO3/c16-13-8-5-4-7-12(13)11-14(18)17-10-6-2-1-3-9-15(19)20/h4-5,7-8H,1-3,6,9-11H2,(H,17,18)(H,19,20). The van der Waals surface area contributed by atoms with Crippen LogP contribution in [0.2, 0.25) is 0 Å². The Hall–Kier alpha value is -1.36. The minimum absolute atomic E-state index is 0.0161. The van der Waals surface area contributed by atoms with Crippen LogP contribution in [0.25, 0.3) is 0 Å². The Morgan fingerprint density at radius 2 is 1.80 bits per heavy atom. The maximum absolute atomic E-state index is 11.7. The first kappa shape index (κ1) is 16.7. The second-order valence-electron chi connectivity index (χ2n) is 4.68. The molecule has 0 fully saturated rings. The van der Waals surface area contributed by atoms with Gasteiger partial charge in [-0.05, 0) is 24.5 Å². The first-order chi connectivity index (χ1) is 9.59. The summed E-state index contributed by atoms with van der Waals surface area (Å²) in [7, 11) is 0. The minimum atomic E-state index is -0.744. The van der Waals surface area contributed by atoms with E-state index in [4.69, 9.17) is 5.11 Å². The van der Waals surface area contributed by atoms with Crippen molar-refractivity contribution in [1.82, 2.24) is 5.32 Å². The Bertz CT molecular complexity index is 448. The van der Waals surface area contributed by atoms with Crippen LogP contribution in [-0.2, 0) is 16.0 Å². The minimum Gasteiger partial charge on any atom is -0.481 e. The van der Waals surface area contributed by atoms with Gasteiger partial charge in [0.2, 0.25) is 5.91 Å². The van der Waals surface area contributed by atoms with Gasteiger partial charge in [0.25, 0.3) is 0 Å². The number of halogens is 1. The number of hydrogen-bond acceptors (Lipinski definition) is 2. The lowest BCUT2D eigenvalue weighted by molar-refractivity contribution is -0.137. The highest BCUT2D eigenvalue weighted by Crippen LogP contribution is 2.16. The number of unbranched alkanes of at least 4 members (excludes halogenated alkanes) is 3. The van der Waals surface area contributed by atoms with E-state index >= 15 is 0 Å². The molecule has 0 aliphatic carbocycles. The summed E-state index contributed by atoms with van der Waals surface area (Å²) in [6.45, 7) is 0.649. The number of hydrogen-bond donors (Lipinski definition) is 2. The van der Waals surface area contributed by atoms with E-state index in [1.807, 2.05) is 24.3 Å². The van der Waals surface area contributed by atoms with Crippen molar-refractivity contribution >= 4 is 27.8 Å². The van der Waals surface area contributed by atoms with Crippen LogP contribution in [-0.4, -0.2) is 23.5 Å². The topological polar surface area (TPSA) is 66.4 Å². The zero-order valence-electron chi connectivity index (χ0n) is 11.4. The zero-order valence-corrected chi connectivity index (χ0v) is 13.0. The first-order valence-corrected chi connectivity index (χ1v) is 7.61. The SMILES string of the molecule is O=C(O)CCCCCCNC(=O)Cc1ccccc1Br. The van der Waals surface area contributed by atoms with Crippen molar-refractivity contribution in [3.8, 4) is 0 Å². The fourth-order valence-electron chi connectivity index (χ4n) is 1.86. The molecular weight excluding hydrogens is 322 g/mol. The summed E-state index contributed by atoms with van der Waals surface area (Å²) in [6, 6.07) is 7.68. The summed E-state index contributed by atoms with van der Waals surface area (Å²) in [5.74, 6) is -0.728. The van der Waals surface area contributed by atoms with Crippen molar-refractivity contribution in [1.29, 1.82) is 0 Å². The molecule has 0 radical (unpaired) electrons. The van der Waals surface area contributed by atoms with Crippen LogP contribution in [0.1, 0.15) is 37.7 Å². The second-order valence-corrected chi connectivity index (χ2v) is 5.53. The average Bonchev–Trinajstić information content (AvgIpc) is 2.40. The molecule has 1 rings (SSSR count). The molecule has 1 amide bonds. The summed E-state index contributed by atoms with van der Waals surface area (Å²) < 4.78 is 0.948. The van der Waals surface area contributed by atoms with Gasteiger partial charge in [-0.25, -0.2) is 0 Å². The quantitative estimate of drug-likeness (QED) is 0.678. The largest absolute Gasteiger partial charge is 0.481 e. The van der Waals surface area contributed by atoms with Crippen molar-refractivity contribution < 1.29 is 14.7 Å². The molecule has 0 unspecified atom stereocenters. The number of benzene rings is 1. The summed E-state index contributed by atoms with van der Waals surface area (Å²) in [6.07, 6.45) is 4.05. The van der Waals surface area contributed by atoms with Gasteiger partial charge < -0.3 is 10.4 Å². The van der Waals surface area contributed by atoms with Gasteiger partial charge in [0.05, 0.1) is 6.42 Å². The van der Waals surface area contributed by atoms with Crippen molar-refractivity contribution in [2.24, 2.45) is 0 Å². The second kappa shape index (κ2) is 9.53. The molecule has 0 spiro atoms. The number of aliphatic carboxylic acids is 1. The van der Waals surface area contributed by atoms with E-state index in [1.54, 1.807) is 0 Å². The van der Waals surface area contributed by atoms with Crippen LogP contribution in [0.4, 0.5) is 0 Å². The maximum atomic E-state index is 11.7. The summed E-state index contributed by atoms with van der Waals surface area (Å²) in [5, 5.41) is 11.4. The molecule has 0 aliphatic rings. The van der Waals surface area contributed by atoms with Gasteiger partial charge >= 0.3 is 5.97 Å². The number of carboxylic acid groups (broad SMARTS) is 1. The summed E-state index contributed by atoms with van der Waals surface area (Å²) in [4.78, 5) is 22.1. The van der Waals surface area contributed by atoms with E-state index < -0.39 is 5.97 Å². The van der Waals surface area contributed by atoms with Gasteiger partial charge in [0, 0.05) is 17.4 Å². The molecule has 0 atom stereocenters. The third kappa shape index (κ3) is 7.28. The predicted octanol–water partition coefficient (Wildman–Crippen LogP) is 3.14. The van der Waals surface area contributed by atoms with Gasteiger partial charge in [-0.1, -0.05) is 47.0 Å². The predicted molar refractivity (Wildman–Crippen MR) is 81.6 cm³/mol. The molecule has 2 N–H and O–H groups in total. The molecule has 4 nitrogen and oxygen atoms in total. The van der Waals surface area contributed by atoms with Gasteiger partial charge in [0.1, 0.15) is 0 Å². The lowest BCUT2D eigenvalue weighted by atomic mass is 10.1. The molecule has 0 aliphatic heterocycles. The molecule has 0 saturated carbocycles. The maximum Gasteiger partial charge on any atom is 0.303 e. The van der Waals surface area contributed by atoms with Crippen LogP contribution >= 0.6 is 15.9 Å². The zero-order chi connectivity index (χ0) is 14.8. The fraction of sp³-hybridized carbons (Fsp3) is 0.467. The monoisotopic (exact) mass is 341 g/mol. The van der Waals surface area contributed by atoms with Gasteiger partial charge in [-0.2, -0.15) is 0 Å². The molecule has 0 aromatic heterocycles. The van der Waals surface area contributed by atoms with E-state index in [2.05, 4.69) is 21.2 Å². The number of amides is 1. The van der Waals surface area contributed by atoms with Gasteiger partial charge in [0.15, 0.2) is 0 Å². The van der Waals surface area contributed by atoms with E-state index in [0.717, 1.165) is 29.3 Å². The Labute approximate surface area is 127 Å². The summed E-state index contributed by atoms with van der Waals surface area (Å²) >= 11 is 3.42. The molecule has 0 bridgehead atoms. The molecule has 1 aromatic rings. The molecule has 1 aromatic carbocycles. The van der Waals surface area contributed by atoms with Crippen molar-refractivity contribution in [3.05, 3.63) is 34.3 Å². The first-order valence-electron chi connectivity index (χ1n) is 6.81. The van der Waals surface area contributed by atoms with E-state index in [-0.39, 0.29) is 12.3 Å². The number of nitrogens with one attached hydrogen (secondary N) is 1. The molecule has 5 heteroatoms. The number of carbonyl (C=O) groups excluding carboxylic acids is 1. The number of carboxylic acids is 1. The lowest BCUT2D eigenvalue weighted by Crippen LogP contribution is -2.26. The Balaban J connectivity index is 2.09. The molecule has 0 heterocycles.